The van der Waals surface area contributed by atoms with Crippen LogP contribution in [0, 0.1) is 11.6 Å². The predicted octanol–water partition coefficient (Wildman–Crippen LogP) is 5.38. The molecule has 1 heterocycles. The molecule has 0 N–H and O–H groups in total. The fourth-order valence-electron chi connectivity index (χ4n) is 2.82. The Morgan fingerprint density at radius 1 is 0.917 bits per heavy atom. The number of hydrogen-bond acceptors (Lipinski definition) is 6. The summed E-state index contributed by atoms with van der Waals surface area (Å²) in [6.45, 7) is -0.690. The number of methoxy groups -OCH3 is 1. The summed E-state index contributed by atoms with van der Waals surface area (Å²) in [5, 5.41) is 7.05. The average molecular weight is 543 g/mol. The first-order valence-corrected chi connectivity index (χ1v) is 10.8. The number of anilines is 1. The van der Waals surface area contributed by atoms with Gasteiger partial charge < -0.3 is 9.47 Å². The van der Waals surface area contributed by atoms with Crippen LogP contribution in [0.1, 0.15) is 11.1 Å². The first-order chi connectivity index (χ1) is 16.6. The lowest BCUT2D eigenvalue weighted by Gasteiger charge is -2.22. The predicted molar refractivity (Wildman–Crippen MR) is 106 cm³/mol. The summed E-state index contributed by atoms with van der Waals surface area (Å²) in [7, 11) is -3.77. The molecule has 0 spiro atoms. The first-order valence-electron chi connectivity index (χ1n) is 9.40. The van der Waals surface area contributed by atoms with Crippen LogP contribution in [0.2, 0.25) is 0 Å². The van der Waals surface area contributed by atoms with Gasteiger partial charge in [-0.25, -0.2) is 21.5 Å². The molecule has 0 aliphatic heterocycles. The van der Waals surface area contributed by atoms with E-state index in [0.29, 0.717) is 4.31 Å². The number of halogens is 8. The van der Waals surface area contributed by atoms with Crippen LogP contribution >= 0.6 is 0 Å². The number of sulfonamides is 1. The summed E-state index contributed by atoms with van der Waals surface area (Å²) in [6, 6.07) is 2.90. The van der Waals surface area contributed by atoms with Crippen molar-refractivity contribution >= 4 is 15.8 Å². The van der Waals surface area contributed by atoms with Crippen LogP contribution in [0.5, 0.6) is 11.5 Å². The smallest absolute Gasteiger partial charge is 0.416 e. The third-order valence-electron chi connectivity index (χ3n) is 4.40. The number of hydrogen-bond donors (Lipinski definition) is 0. The molecule has 36 heavy (non-hydrogen) atoms. The molecular weight excluding hydrogens is 530 g/mol. The molecule has 0 fully saturated rings. The molecule has 3 rings (SSSR count). The quantitative estimate of drug-likeness (QED) is 0.294. The number of benzene rings is 2. The SMILES string of the molecule is COCN(c1cccnn1)S(=O)(=O)c1cc(F)c(Oc2cc(C(F)(F)F)cc(C(F)(F)F)c2)cc1F. The first kappa shape index (κ1) is 27.1. The molecule has 0 unspecified atom stereocenters. The molecule has 0 bridgehead atoms. The normalized spacial score (nSPS) is 12.5. The molecule has 0 saturated heterocycles. The van der Waals surface area contributed by atoms with Gasteiger partial charge in [0.25, 0.3) is 10.0 Å². The molecule has 0 aliphatic carbocycles. The van der Waals surface area contributed by atoms with Gasteiger partial charge in [0, 0.05) is 25.4 Å². The Kier molecular flexibility index (Phi) is 7.40. The van der Waals surface area contributed by atoms with Crippen molar-refractivity contribution in [3.63, 3.8) is 0 Å². The highest BCUT2D eigenvalue weighted by atomic mass is 32.2. The summed E-state index contributed by atoms with van der Waals surface area (Å²) >= 11 is 0. The minimum atomic E-state index is -5.22. The average Bonchev–Trinajstić information content (AvgIpc) is 2.78. The van der Waals surface area contributed by atoms with Gasteiger partial charge in [-0.15, -0.1) is 5.10 Å². The molecule has 0 saturated carbocycles. The van der Waals surface area contributed by atoms with Crippen LogP contribution in [0.25, 0.3) is 0 Å². The lowest BCUT2D eigenvalue weighted by molar-refractivity contribution is -0.143. The molecule has 0 atom stereocenters. The lowest BCUT2D eigenvalue weighted by atomic mass is 10.1. The van der Waals surface area contributed by atoms with Crippen LogP contribution in [0.15, 0.2) is 53.6 Å². The third-order valence-corrected chi connectivity index (χ3v) is 6.14. The summed E-state index contributed by atoms with van der Waals surface area (Å²) in [5.74, 6) is -5.83. The zero-order valence-electron chi connectivity index (χ0n) is 17.7. The van der Waals surface area contributed by atoms with Crippen molar-refractivity contribution < 1.29 is 53.0 Å². The topological polar surface area (TPSA) is 81.6 Å². The van der Waals surface area contributed by atoms with Gasteiger partial charge in [0.1, 0.15) is 23.2 Å². The number of rotatable bonds is 7. The highest BCUT2D eigenvalue weighted by molar-refractivity contribution is 7.92. The fourth-order valence-corrected chi connectivity index (χ4v) is 4.20. The second kappa shape index (κ2) is 9.85. The van der Waals surface area contributed by atoms with Gasteiger partial charge in [0.05, 0.1) is 11.1 Å². The largest absolute Gasteiger partial charge is 0.454 e. The number of ether oxygens (including phenoxy) is 2. The molecule has 7 nitrogen and oxygen atoms in total. The van der Waals surface area contributed by atoms with Gasteiger partial charge in [-0.3, -0.25) is 0 Å². The molecular formula is C20H13F8N3O4S. The van der Waals surface area contributed by atoms with E-state index in [0.717, 1.165) is 7.11 Å². The molecule has 0 radical (unpaired) electrons. The fraction of sp³-hybridized carbons (Fsp3) is 0.200. The molecule has 16 heteroatoms. The van der Waals surface area contributed by atoms with E-state index < -0.39 is 68.3 Å². The van der Waals surface area contributed by atoms with Crippen molar-refractivity contribution in [3.05, 3.63) is 71.4 Å². The van der Waals surface area contributed by atoms with Crippen molar-refractivity contribution in [2.45, 2.75) is 17.2 Å². The van der Waals surface area contributed by atoms with E-state index in [1.807, 2.05) is 0 Å². The lowest BCUT2D eigenvalue weighted by Crippen LogP contribution is -2.34. The summed E-state index contributed by atoms with van der Waals surface area (Å²) < 4.78 is 144. The molecule has 1 aromatic heterocycles. The molecule has 0 amide bonds. The Hall–Kier alpha value is -3.53. The zero-order chi connectivity index (χ0) is 26.9. The Balaban J connectivity index is 2.05. The zero-order valence-corrected chi connectivity index (χ0v) is 18.5. The summed E-state index contributed by atoms with van der Waals surface area (Å²) in [4.78, 5) is -1.24. The van der Waals surface area contributed by atoms with Gasteiger partial charge in [-0.1, -0.05) is 0 Å². The second-order valence-electron chi connectivity index (χ2n) is 6.91. The molecule has 2 aromatic carbocycles. The van der Waals surface area contributed by atoms with E-state index in [2.05, 4.69) is 10.2 Å². The molecule has 3 aromatic rings. The molecule has 194 valence electrons. The van der Waals surface area contributed by atoms with Crippen molar-refractivity contribution in [1.29, 1.82) is 0 Å². The highest BCUT2D eigenvalue weighted by Gasteiger charge is 2.37. The number of alkyl halides is 6. The Morgan fingerprint density at radius 2 is 1.53 bits per heavy atom. The monoisotopic (exact) mass is 543 g/mol. The maximum absolute atomic E-state index is 14.8. The Labute approximate surface area is 197 Å². The van der Waals surface area contributed by atoms with E-state index in [1.54, 1.807) is 0 Å². The number of aromatic nitrogens is 2. The van der Waals surface area contributed by atoms with Crippen LogP contribution in [0.4, 0.5) is 40.9 Å². The van der Waals surface area contributed by atoms with E-state index in [-0.39, 0.29) is 36.1 Å². The number of nitrogens with zero attached hydrogens (tertiary/aromatic N) is 3. The standard InChI is InChI=1S/C20H13F8N3O4S/c1-34-10-31(18-3-2-4-29-30-18)36(32,33)17-9-14(21)16(8-15(17)22)35-13-6-11(19(23,24)25)5-12(7-13)20(26,27)28/h2-9H,10H2,1H3. The van der Waals surface area contributed by atoms with E-state index in [1.165, 1.54) is 18.3 Å². The van der Waals surface area contributed by atoms with Crippen molar-refractivity contribution in [2.24, 2.45) is 0 Å². The Morgan fingerprint density at radius 3 is 2.03 bits per heavy atom. The summed E-state index contributed by atoms with van der Waals surface area (Å²) in [5.41, 5.74) is -3.52. The second-order valence-corrected chi connectivity index (χ2v) is 8.74. The van der Waals surface area contributed by atoms with Crippen LogP contribution in [-0.2, 0) is 27.1 Å². The summed E-state index contributed by atoms with van der Waals surface area (Å²) in [6.07, 6.45) is -9.22. The maximum atomic E-state index is 14.8. The highest BCUT2D eigenvalue weighted by Crippen LogP contribution is 2.40. The minimum absolute atomic E-state index is 0.144. The van der Waals surface area contributed by atoms with Crippen LogP contribution < -0.4 is 9.04 Å². The Bertz CT molecular complexity index is 1320. The van der Waals surface area contributed by atoms with Gasteiger partial charge in [-0.2, -0.15) is 31.4 Å². The van der Waals surface area contributed by atoms with E-state index in [4.69, 9.17) is 9.47 Å². The van der Waals surface area contributed by atoms with E-state index >= 15 is 0 Å². The third kappa shape index (κ3) is 5.81. The van der Waals surface area contributed by atoms with Crippen molar-refractivity contribution in [1.82, 2.24) is 10.2 Å². The van der Waals surface area contributed by atoms with E-state index in [9.17, 15) is 43.5 Å². The van der Waals surface area contributed by atoms with Gasteiger partial charge in [0.15, 0.2) is 17.4 Å². The van der Waals surface area contributed by atoms with Gasteiger partial charge in [-0.05, 0) is 30.3 Å². The minimum Gasteiger partial charge on any atom is -0.454 e. The maximum Gasteiger partial charge on any atom is 0.416 e. The molecule has 0 aliphatic rings. The van der Waals surface area contributed by atoms with Gasteiger partial charge in [0.2, 0.25) is 0 Å². The van der Waals surface area contributed by atoms with Crippen molar-refractivity contribution in [2.75, 3.05) is 18.1 Å². The van der Waals surface area contributed by atoms with Crippen LogP contribution in [-0.4, -0.2) is 32.5 Å². The van der Waals surface area contributed by atoms with Crippen molar-refractivity contribution in [3.8, 4) is 11.5 Å². The van der Waals surface area contributed by atoms with Crippen LogP contribution in [0.3, 0.4) is 0 Å². The van der Waals surface area contributed by atoms with Gasteiger partial charge >= 0.3 is 12.4 Å².